The summed E-state index contributed by atoms with van der Waals surface area (Å²) in [6, 6.07) is 12.7. The summed E-state index contributed by atoms with van der Waals surface area (Å²) in [7, 11) is 1.72. The molecule has 3 nitrogen and oxygen atoms in total. The molecule has 0 aliphatic heterocycles. The number of benzene rings is 1. The average molecular weight is 261 g/mol. The van der Waals surface area contributed by atoms with Crippen LogP contribution in [0.2, 0.25) is 5.15 Å². The number of halogens is 1. The predicted octanol–water partition coefficient (Wildman–Crippen LogP) is 3.32. The fourth-order valence-electron chi connectivity index (χ4n) is 1.58. The van der Waals surface area contributed by atoms with Gasteiger partial charge in [-0.15, -0.1) is 0 Å². The van der Waals surface area contributed by atoms with Crippen LogP contribution in [0, 0.1) is 6.92 Å². The number of nitrogens with zero attached hydrogens (tertiary/aromatic N) is 2. The minimum atomic E-state index is -0.179. The van der Waals surface area contributed by atoms with E-state index in [1.807, 2.05) is 31.2 Å². The largest absolute Gasteiger partial charge is 0.310 e. The minimum absolute atomic E-state index is 0.179. The zero-order valence-corrected chi connectivity index (χ0v) is 11.0. The van der Waals surface area contributed by atoms with E-state index in [1.54, 1.807) is 30.1 Å². The van der Waals surface area contributed by atoms with Crippen molar-refractivity contribution in [1.29, 1.82) is 0 Å². The summed E-state index contributed by atoms with van der Waals surface area (Å²) in [5.41, 5.74) is 2.32. The third-order valence-electron chi connectivity index (χ3n) is 2.66. The second-order valence-electron chi connectivity index (χ2n) is 4.05. The van der Waals surface area contributed by atoms with Gasteiger partial charge in [-0.2, -0.15) is 0 Å². The number of rotatable bonds is 2. The van der Waals surface area contributed by atoms with Crippen molar-refractivity contribution in [1.82, 2.24) is 4.98 Å². The van der Waals surface area contributed by atoms with Crippen molar-refractivity contribution in [3.8, 4) is 0 Å². The molecule has 0 fully saturated rings. The van der Waals surface area contributed by atoms with Crippen LogP contribution in [0.15, 0.2) is 42.5 Å². The molecular formula is C14H13ClN2O. The summed E-state index contributed by atoms with van der Waals surface area (Å²) < 4.78 is 0. The first kappa shape index (κ1) is 12.6. The lowest BCUT2D eigenvalue weighted by atomic mass is 10.2. The molecule has 0 bridgehead atoms. The van der Waals surface area contributed by atoms with E-state index in [-0.39, 0.29) is 5.91 Å². The average Bonchev–Trinajstić information content (AvgIpc) is 2.38. The van der Waals surface area contributed by atoms with Gasteiger partial charge in [-0.3, -0.25) is 4.79 Å². The highest BCUT2D eigenvalue weighted by atomic mass is 35.5. The third kappa shape index (κ3) is 2.68. The molecule has 2 aromatic rings. The first-order valence-corrected chi connectivity index (χ1v) is 5.93. The van der Waals surface area contributed by atoms with Crippen molar-refractivity contribution in [3.05, 3.63) is 58.9 Å². The molecule has 0 aliphatic carbocycles. The molecule has 2 rings (SSSR count). The van der Waals surface area contributed by atoms with Gasteiger partial charge in [-0.1, -0.05) is 35.4 Å². The number of aromatic nitrogens is 1. The van der Waals surface area contributed by atoms with E-state index in [9.17, 15) is 4.79 Å². The first-order valence-electron chi connectivity index (χ1n) is 5.55. The molecule has 1 aromatic carbocycles. The topological polar surface area (TPSA) is 33.2 Å². The van der Waals surface area contributed by atoms with Crippen molar-refractivity contribution >= 4 is 23.2 Å². The Balaban J connectivity index is 2.26. The van der Waals surface area contributed by atoms with Crippen LogP contribution in [0.1, 0.15) is 16.1 Å². The molecule has 1 amide bonds. The number of anilines is 1. The van der Waals surface area contributed by atoms with E-state index in [2.05, 4.69) is 4.98 Å². The smallest absolute Gasteiger partial charge is 0.276 e. The molecule has 0 saturated carbocycles. The zero-order valence-electron chi connectivity index (χ0n) is 10.2. The van der Waals surface area contributed by atoms with Gasteiger partial charge in [0.1, 0.15) is 10.8 Å². The summed E-state index contributed by atoms with van der Waals surface area (Å²) in [4.78, 5) is 17.8. The SMILES string of the molecule is Cc1ccc(N(C)C(=O)c2cccc(Cl)n2)cc1. The number of aryl methyl sites for hydroxylation is 1. The standard InChI is InChI=1S/C14H13ClN2O/c1-10-6-8-11(9-7-10)17(2)14(18)12-4-3-5-13(15)16-12/h3-9H,1-2H3. The number of hydrogen-bond acceptors (Lipinski definition) is 2. The second-order valence-corrected chi connectivity index (χ2v) is 4.43. The van der Waals surface area contributed by atoms with Gasteiger partial charge in [0.2, 0.25) is 0 Å². The Morgan fingerprint density at radius 1 is 1.17 bits per heavy atom. The Kier molecular flexibility index (Phi) is 3.63. The molecule has 4 heteroatoms. The fourth-order valence-corrected chi connectivity index (χ4v) is 1.75. The molecule has 0 spiro atoms. The molecule has 1 aromatic heterocycles. The third-order valence-corrected chi connectivity index (χ3v) is 2.87. The lowest BCUT2D eigenvalue weighted by Gasteiger charge is -2.17. The lowest BCUT2D eigenvalue weighted by molar-refractivity contribution is 0.0988. The molecule has 0 N–H and O–H groups in total. The van der Waals surface area contributed by atoms with E-state index in [0.29, 0.717) is 10.8 Å². The highest BCUT2D eigenvalue weighted by molar-refractivity contribution is 6.29. The van der Waals surface area contributed by atoms with Gasteiger partial charge in [0.05, 0.1) is 0 Å². The summed E-state index contributed by atoms with van der Waals surface area (Å²) in [5.74, 6) is -0.179. The highest BCUT2D eigenvalue weighted by Crippen LogP contribution is 2.16. The van der Waals surface area contributed by atoms with Crippen LogP contribution in [0.4, 0.5) is 5.69 Å². The molecule has 0 saturated heterocycles. The van der Waals surface area contributed by atoms with E-state index in [4.69, 9.17) is 11.6 Å². The lowest BCUT2D eigenvalue weighted by Crippen LogP contribution is -2.27. The van der Waals surface area contributed by atoms with Crippen LogP contribution in [0.25, 0.3) is 0 Å². The normalized spacial score (nSPS) is 10.2. The van der Waals surface area contributed by atoms with Crippen LogP contribution in [-0.2, 0) is 0 Å². The van der Waals surface area contributed by atoms with Crippen molar-refractivity contribution in [3.63, 3.8) is 0 Å². The summed E-state index contributed by atoms with van der Waals surface area (Å²) in [5, 5.41) is 0.318. The van der Waals surface area contributed by atoms with Gasteiger partial charge in [0.25, 0.3) is 5.91 Å². The molecule has 92 valence electrons. The molecule has 0 radical (unpaired) electrons. The number of hydrogen-bond donors (Lipinski definition) is 0. The molecular weight excluding hydrogens is 248 g/mol. The van der Waals surface area contributed by atoms with Crippen LogP contribution in [0.3, 0.4) is 0 Å². The van der Waals surface area contributed by atoms with Crippen molar-refractivity contribution in [2.24, 2.45) is 0 Å². The van der Waals surface area contributed by atoms with E-state index >= 15 is 0 Å². The number of carbonyl (C=O) groups excluding carboxylic acids is 1. The predicted molar refractivity (Wildman–Crippen MR) is 73.2 cm³/mol. The molecule has 18 heavy (non-hydrogen) atoms. The quantitative estimate of drug-likeness (QED) is 0.776. The maximum atomic E-state index is 12.2. The summed E-state index contributed by atoms with van der Waals surface area (Å²) in [6.07, 6.45) is 0. The Morgan fingerprint density at radius 3 is 2.44 bits per heavy atom. The monoisotopic (exact) mass is 260 g/mol. The van der Waals surface area contributed by atoms with Gasteiger partial charge < -0.3 is 4.90 Å². The van der Waals surface area contributed by atoms with Gasteiger partial charge in [-0.25, -0.2) is 4.98 Å². The van der Waals surface area contributed by atoms with Crippen LogP contribution in [-0.4, -0.2) is 17.9 Å². The molecule has 1 heterocycles. The van der Waals surface area contributed by atoms with Crippen molar-refractivity contribution in [2.75, 3.05) is 11.9 Å². The van der Waals surface area contributed by atoms with Crippen LogP contribution in [0.5, 0.6) is 0 Å². The number of carbonyl (C=O) groups is 1. The van der Waals surface area contributed by atoms with Crippen molar-refractivity contribution < 1.29 is 4.79 Å². The zero-order chi connectivity index (χ0) is 13.1. The maximum Gasteiger partial charge on any atom is 0.276 e. The Bertz CT molecular complexity index is 566. The molecule has 0 unspecified atom stereocenters. The maximum absolute atomic E-state index is 12.2. The fraction of sp³-hybridized carbons (Fsp3) is 0.143. The highest BCUT2D eigenvalue weighted by Gasteiger charge is 2.14. The van der Waals surface area contributed by atoms with Gasteiger partial charge in [0, 0.05) is 12.7 Å². The van der Waals surface area contributed by atoms with E-state index in [1.165, 1.54) is 0 Å². The van der Waals surface area contributed by atoms with E-state index < -0.39 is 0 Å². The summed E-state index contributed by atoms with van der Waals surface area (Å²) in [6.45, 7) is 2.00. The Hall–Kier alpha value is -1.87. The Morgan fingerprint density at radius 2 is 1.83 bits per heavy atom. The van der Waals surface area contributed by atoms with Crippen LogP contribution >= 0.6 is 11.6 Å². The van der Waals surface area contributed by atoms with Crippen LogP contribution < -0.4 is 4.90 Å². The van der Waals surface area contributed by atoms with E-state index in [0.717, 1.165) is 11.3 Å². The number of pyridine rings is 1. The second kappa shape index (κ2) is 5.19. The number of amides is 1. The van der Waals surface area contributed by atoms with Crippen molar-refractivity contribution in [2.45, 2.75) is 6.92 Å². The summed E-state index contributed by atoms with van der Waals surface area (Å²) >= 11 is 5.78. The van der Waals surface area contributed by atoms with Gasteiger partial charge in [0.15, 0.2) is 0 Å². The molecule has 0 aliphatic rings. The van der Waals surface area contributed by atoms with Gasteiger partial charge >= 0.3 is 0 Å². The minimum Gasteiger partial charge on any atom is -0.310 e. The molecule has 0 atom stereocenters. The first-order chi connectivity index (χ1) is 8.58. The Labute approximate surface area is 111 Å². The van der Waals surface area contributed by atoms with Gasteiger partial charge in [-0.05, 0) is 31.2 Å².